The van der Waals surface area contributed by atoms with Gasteiger partial charge in [0.25, 0.3) is 6.01 Å². The van der Waals surface area contributed by atoms with Crippen molar-refractivity contribution in [2.45, 2.75) is 13.3 Å². The first-order valence-corrected chi connectivity index (χ1v) is 6.06. The van der Waals surface area contributed by atoms with Crippen molar-refractivity contribution >= 4 is 12.0 Å². The van der Waals surface area contributed by atoms with E-state index in [1.165, 1.54) is 6.26 Å². The van der Waals surface area contributed by atoms with Gasteiger partial charge in [-0.25, -0.2) is 4.79 Å². The highest BCUT2D eigenvalue weighted by atomic mass is 16.5. The molecule has 1 N–H and O–H groups in total. The molecule has 2 rings (SSSR count). The average Bonchev–Trinajstić information content (AvgIpc) is 2.89. The highest BCUT2D eigenvalue weighted by Gasteiger charge is 2.12. The third-order valence-corrected chi connectivity index (χ3v) is 2.37. The van der Waals surface area contributed by atoms with Gasteiger partial charge in [-0.3, -0.25) is 4.98 Å². The fraction of sp³-hybridized carbons (Fsp3) is 0.308. The summed E-state index contributed by atoms with van der Waals surface area (Å²) in [6.07, 6.45) is 3.78. The topological polar surface area (TPSA) is 77.2 Å². The van der Waals surface area contributed by atoms with Crippen LogP contribution < -0.4 is 5.32 Å². The Labute approximate surface area is 110 Å². The van der Waals surface area contributed by atoms with Crippen LogP contribution in [-0.2, 0) is 11.2 Å². The van der Waals surface area contributed by atoms with Crippen molar-refractivity contribution in [2.75, 3.05) is 18.5 Å². The van der Waals surface area contributed by atoms with Crippen LogP contribution in [-0.4, -0.2) is 29.1 Å². The predicted octanol–water partition coefficient (Wildman–Crippen LogP) is 1.90. The molecule has 0 fully saturated rings. The molecule has 100 valence electrons. The van der Waals surface area contributed by atoms with E-state index in [0.29, 0.717) is 19.2 Å². The first-order valence-electron chi connectivity index (χ1n) is 6.06. The lowest BCUT2D eigenvalue weighted by atomic mass is 10.3. The molecule has 0 radical (unpaired) electrons. The smallest absolute Gasteiger partial charge is 0.360 e. The van der Waals surface area contributed by atoms with Crippen LogP contribution in [0.15, 0.2) is 35.1 Å². The molecule has 0 bridgehead atoms. The molecule has 0 saturated carbocycles. The number of nitrogens with zero attached hydrogens (tertiary/aromatic N) is 2. The van der Waals surface area contributed by atoms with Crippen LogP contribution in [0.3, 0.4) is 0 Å². The molecule has 2 aromatic heterocycles. The van der Waals surface area contributed by atoms with E-state index in [4.69, 9.17) is 9.15 Å². The Morgan fingerprint density at radius 1 is 1.47 bits per heavy atom. The van der Waals surface area contributed by atoms with E-state index in [9.17, 15) is 4.79 Å². The van der Waals surface area contributed by atoms with Crippen LogP contribution >= 0.6 is 0 Å². The number of nitrogens with one attached hydrogen (secondary N) is 1. The summed E-state index contributed by atoms with van der Waals surface area (Å²) < 4.78 is 9.94. The second kappa shape index (κ2) is 6.53. The van der Waals surface area contributed by atoms with E-state index < -0.39 is 5.97 Å². The van der Waals surface area contributed by atoms with Crippen LogP contribution in [0.1, 0.15) is 23.1 Å². The molecular weight excluding hydrogens is 246 g/mol. The summed E-state index contributed by atoms with van der Waals surface area (Å²) in [5.74, 6) is -0.482. The molecule has 6 heteroatoms. The van der Waals surface area contributed by atoms with Gasteiger partial charge >= 0.3 is 5.97 Å². The molecule has 6 nitrogen and oxygen atoms in total. The van der Waals surface area contributed by atoms with E-state index in [1.54, 1.807) is 13.1 Å². The second-order valence-electron chi connectivity index (χ2n) is 3.76. The van der Waals surface area contributed by atoms with E-state index in [2.05, 4.69) is 15.3 Å². The Balaban J connectivity index is 1.82. The molecule has 0 saturated heterocycles. The normalized spacial score (nSPS) is 10.2. The van der Waals surface area contributed by atoms with Crippen LogP contribution in [0, 0.1) is 0 Å². The maximum absolute atomic E-state index is 11.4. The van der Waals surface area contributed by atoms with Gasteiger partial charge in [0.1, 0.15) is 6.26 Å². The zero-order chi connectivity index (χ0) is 13.5. The maximum Gasteiger partial charge on any atom is 0.360 e. The second-order valence-corrected chi connectivity index (χ2v) is 3.76. The van der Waals surface area contributed by atoms with Gasteiger partial charge in [-0.15, -0.1) is 0 Å². The van der Waals surface area contributed by atoms with Crippen LogP contribution in [0.25, 0.3) is 0 Å². The number of hydrogen-bond donors (Lipinski definition) is 1. The number of pyridine rings is 1. The van der Waals surface area contributed by atoms with Crippen molar-refractivity contribution in [3.8, 4) is 0 Å². The summed E-state index contributed by atoms with van der Waals surface area (Å²) in [6, 6.07) is 6.06. The Morgan fingerprint density at radius 3 is 3.11 bits per heavy atom. The Kier molecular flexibility index (Phi) is 4.49. The molecule has 2 heterocycles. The van der Waals surface area contributed by atoms with E-state index >= 15 is 0 Å². The molecular formula is C13H15N3O3. The number of ether oxygens (including phenoxy) is 1. The SMILES string of the molecule is CCOC(=O)c1coc(NCCc2ccccn2)n1. The monoisotopic (exact) mass is 261 g/mol. The van der Waals surface area contributed by atoms with Gasteiger partial charge < -0.3 is 14.5 Å². The molecule has 19 heavy (non-hydrogen) atoms. The summed E-state index contributed by atoms with van der Waals surface area (Å²) in [5, 5.41) is 2.98. The third kappa shape index (κ3) is 3.80. The van der Waals surface area contributed by atoms with E-state index in [-0.39, 0.29) is 5.69 Å². The van der Waals surface area contributed by atoms with Crippen molar-refractivity contribution in [1.82, 2.24) is 9.97 Å². The van der Waals surface area contributed by atoms with E-state index in [1.807, 2.05) is 18.2 Å². The van der Waals surface area contributed by atoms with Crippen molar-refractivity contribution in [2.24, 2.45) is 0 Å². The number of esters is 1. The van der Waals surface area contributed by atoms with Crippen LogP contribution in [0.5, 0.6) is 0 Å². The summed E-state index contributed by atoms with van der Waals surface area (Å²) >= 11 is 0. The minimum Gasteiger partial charge on any atom is -0.461 e. The van der Waals surface area contributed by atoms with Crippen LogP contribution in [0.2, 0.25) is 0 Å². The molecule has 0 spiro atoms. The number of aromatic nitrogens is 2. The number of anilines is 1. The third-order valence-electron chi connectivity index (χ3n) is 2.37. The fourth-order valence-electron chi connectivity index (χ4n) is 1.50. The van der Waals surface area contributed by atoms with Gasteiger partial charge in [0.15, 0.2) is 5.69 Å². The maximum atomic E-state index is 11.4. The highest BCUT2D eigenvalue weighted by molar-refractivity contribution is 5.87. The lowest BCUT2D eigenvalue weighted by Gasteiger charge is -2.00. The molecule has 0 atom stereocenters. The van der Waals surface area contributed by atoms with Gasteiger partial charge in [-0.1, -0.05) is 6.07 Å². The molecule has 0 aliphatic heterocycles. The Morgan fingerprint density at radius 2 is 2.37 bits per heavy atom. The first-order chi connectivity index (χ1) is 9.29. The summed E-state index contributed by atoms with van der Waals surface area (Å²) in [7, 11) is 0. The molecule has 0 amide bonds. The quantitative estimate of drug-likeness (QED) is 0.800. The van der Waals surface area contributed by atoms with Crippen LogP contribution in [0.4, 0.5) is 6.01 Å². The minimum atomic E-state index is -0.482. The van der Waals surface area contributed by atoms with Gasteiger partial charge in [-0.2, -0.15) is 4.98 Å². The van der Waals surface area contributed by atoms with Crippen molar-refractivity contribution < 1.29 is 13.9 Å². The van der Waals surface area contributed by atoms with E-state index in [0.717, 1.165) is 12.1 Å². The lowest BCUT2D eigenvalue weighted by molar-refractivity contribution is 0.0519. The van der Waals surface area contributed by atoms with Crippen molar-refractivity contribution in [1.29, 1.82) is 0 Å². The predicted molar refractivity (Wildman–Crippen MR) is 68.9 cm³/mol. The number of carbonyl (C=O) groups excluding carboxylic acids is 1. The molecule has 0 unspecified atom stereocenters. The van der Waals surface area contributed by atoms with Gasteiger partial charge in [-0.05, 0) is 19.1 Å². The number of hydrogen-bond acceptors (Lipinski definition) is 6. The highest BCUT2D eigenvalue weighted by Crippen LogP contribution is 2.08. The zero-order valence-corrected chi connectivity index (χ0v) is 10.6. The molecule has 0 aliphatic carbocycles. The standard InChI is InChI=1S/C13H15N3O3/c1-2-18-12(17)11-9-19-13(16-11)15-8-6-10-5-3-4-7-14-10/h3-5,7,9H,2,6,8H2,1H3,(H,15,16). The van der Waals surface area contributed by atoms with Crippen molar-refractivity contribution in [3.63, 3.8) is 0 Å². The minimum absolute atomic E-state index is 0.169. The Bertz CT molecular complexity index is 525. The average molecular weight is 261 g/mol. The summed E-state index contributed by atoms with van der Waals surface area (Å²) in [4.78, 5) is 19.6. The number of rotatable bonds is 6. The first kappa shape index (κ1) is 13.1. The van der Waals surface area contributed by atoms with Gasteiger partial charge in [0.05, 0.1) is 6.61 Å². The molecule has 0 aliphatic rings. The largest absolute Gasteiger partial charge is 0.461 e. The van der Waals surface area contributed by atoms with Crippen molar-refractivity contribution in [3.05, 3.63) is 42.0 Å². The van der Waals surface area contributed by atoms with Gasteiger partial charge in [0, 0.05) is 24.9 Å². The Hall–Kier alpha value is -2.37. The molecule has 0 aromatic carbocycles. The summed E-state index contributed by atoms with van der Waals surface area (Å²) in [6.45, 7) is 2.68. The number of carbonyl (C=O) groups is 1. The zero-order valence-electron chi connectivity index (χ0n) is 10.6. The number of oxazole rings is 1. The fourth-order valence-corrected chi connectivity index (χ4v) is 1.50. The lowest BCUT2D eigenvalue weighted by Crippen LogP contribution is -2.08. The molecule has 2 aromatic rings. The van der Waals surface area contributed by atoms with Gasteiger partial charge in [0.2, 0.25) is 0 Å². The summed E-state index contributed by atoms with van der Waals surface area (Å²) in [5.41, 5.74) is 1.15.